The Morgan fingerprint density at radius 3 is 1.33 bits per heavy atom. The first kappa shape index (κ1) is 34.1. The van der Waals surface area contributed by atoms with Gasteiger partial charge in [0.1, 0.15) is 18.3 Å². The molecule has 3 rings (SSSR count). The van der Waals surface area contributed by atoms with E-state index in [1.165, 1.54) is 0 Å². The molecule has 0 aliphatic carbocycles. The fraction of sp³-hybridized carbons (Fsp3) is 0.486. The molecule has 0 saturated heterocycles. The summed E-state index contributed by atoms with van der Waals surface area (Å²) in [5.41, 5.74) is 6.82. The van der Waals surface area contributed by atoms with Crippen molar-refractivity contribution in [2.75, 3.05) is 13.2 Å². The van der Waals surface area contributed by atoms with Crippen molar-refractivity contribution in [3.8, 4) is 0 Å². The van der Waals surface area contributed by atoms with Crippen LogP contribution in [0.15, 0.2) is 91.0 Å². The molecule has 3 aromatic rings. The highest BCUT2D eigenvalue weighted by Crippen LogP contribution is 2.42. The monoisotopic (exact) mass is 593 g/mol. The Hall–Kier alpha value is -2.36. The number of ether oxygens (including phenoxy) is 3. The quantitative estimate of drug-likeness (QED) is 0.109. The minimum absolute atomic E-state index is 0.179. The Morgan fingerprint density at radius 1 is 0.571 bits per heavy atom. The predicted octanol–water partition coefficient (Wildman–Crippen LogP) is 7.91. The molecule has 3 atom stereocenters. The van der Waals surface area contributed by atoms with Gasteiger partial charge in [-0.1, -0.05) is 133 Å². The van der Waals surface area contributed by atoms with Gasteiger partial charge in [0, 0.05) is 6.54 Å². The van der Waals surface area contributed by atoms with E-state index in [1.54, 1.807) is 0 Å². The third-order valence-electron chi connectivity index (χ3n) is 8.13. The highest BCUT2D eigenvalue weighted by atomic mass is 28.4. The summed E-state index contributed by atoms with van der Waals surface area (Å²) in [6.45, 7) is 15.5. The summed E-state index contributed by atoms with van der Waals surface area (Å²) in [6, 6.07) is 30.3. The lowest BCUT2D eigenvalue weighted by Crippen LogP contribution is -2.53. The molecule has 0 spiro atoms. The van der Waals surface area contributed by atoms with Gasteiger partial charge in [-0.05, 0) is 33.3 Å². The van der Waals surface area contributed by atoms with Gasteiger partial charge in [-0.15, -0.1) is 0 Å². The lowest BCUT2D eigenvalue weighted by atomic mass is 10.1. The number of nitrogens with one attached hydrogen (secondary N) is 1. The van der Waals surface area contributed by atoms with Crippen molar-refractivity contribution in [3.63, 3.8) is 0 Å². The molecule has 230 valence electrons. The standard InChI is InChI=1S/C35H51NO5Si/c1-27(2)42(28(3)4,29(5)6)41-26-34(39-24-31-18-12-8-13-19-31)35(40-25-32-20-14-9-15-21-32)33(22-36-37)38-23-30-16-10-7-11-17-30/h7-21,27-29,33-37H,22-26H2,1-6H3/t33-,34+,35-/m0/s1. The number of hydrogen-bond acceptors (Lipinski definition) is 6. The molecule has 42 heavy (non-hydrogen) atoms. The lowest BCUT2D eigenvalue weighted by Gasteiger charge is -2.44. The molecule has 0 radical (unpaired) electrons. The van der Waals surface area contributed by atoms with Crippen molar-refractivity contribution in [3.05, 3.63) is 108 Å². The van der Waals surface area contributed by atoms with Crippen LogP contribution < -0.4 is 5.48 Å². The fourth-order valence-corrected chi connectivity index (χ4v) is 11.6. The van der Waals surface area contributed by atoms with E-state index in [1.807, 2.05) is 78.9 Å². The SMILES string of the molecule is CC(C)[Si](OC[C@@H](OCc1ccccc1)[C@@H](OCc1ccccc1)[C@H](CNO)OCc1ccccc1)(C(C)C)C(C)C. The number of hydroxylamine groups is 1. The van der Waals surface area contributed by atoms with E-state index in [-0.39, 0.29) is 6.54 Å². The first-order valence-electron chi connectivity index (χ1n) is 15.2. The van der Waals surface area contributed by atoms with Crippen molar-refractivity contribution in [2.45, 2.75) is 96.3 Å². The van der Waals surface area contributed by atoms with E-state index in [2.05, 4.69) is 59.2 Å². The maximum atomic E-state index is 9.88. The van der Waals surface area contributed by atoms with Crippen LogP contribution in [-0.4, -0.2) is 45.0 Å². The predicted molar refractivity (Wildman–Crippen MR) is 172 cm³/mol. The normalized spacial score (nSPS) is 14.4. The van der Waals surface area contributed by atoms with Crippen LogP contribution in [0.3, 0.4) is 0 Å². The second-order valence-corrected chi connectivity index (χ2v) is 17.4. The molecule has 3 aromatic carbocycles. The van der Waals surface area contributed by atoms with Gasteiger partial charge in [0.15, 0.2) is 8.32 Å². The molecule has 0 amide bonds. The molecule has 0 fully saturated rings. The number of benzene rings is 3. The molecule has 7 heteroatoms. The van der Waals surface area contributed by atoms with Crippen LogP contribution >= 0.6 is 0 Å². The molecule has 0 unspecified atom stereocenters. The second-order valence-electron chi connectivity index (χ2n) is 11.9. The van der Waals surface area contributed by atoms with Crippen LogP contribution in [0.1, 0.15) is 58.2 Å². The van der Waals surface area contributed by atoms with Gasteiger partial charge in [0.25, 0.3) is 0 Å². The summed E-state index contributed by atoms with van der Waals surface area (Å²) < 4.78 is 26.9. The van der Waals surface area contributed by atoms with Gasteiger partial charge in [-0.3, -0.25) is 0 Å². The third-order valence-corrected chi connectivity index (χ3v) is 14.2. The molecule has 2 N–H and O–H groups in total. The summed E-state index contributed by atoms with van der Waals surface area (Å²) in [5, 5.41) is 9.88. The Morgan fingerprint density at radius 2 is 0.952 bits per heavy atom. The van der Waals surface area contributed by atoms with Crippen LogP contribution in [0, 0.1) is 0 Å². The Labute approximate surface area is 254 Å². The topological polar surface area (TPSA) is 69.2 Å². The van der Waals surface area contributed by atoms with Crippen molar-refractivity contribution >= 4 is 8.32 Å². The molecule has 0 saturated carbocycles. The third kappa shape index (κ3) is 9.84. The zero-order valence-corrected chi connectivity index (χ0v) is 27.2. The van der Waals surface area contributed by atoms with Gasteiger partial charge in [0.05, 0.1) is 26.4 Å². The van der Waals surface area contributed by atoms with E-state index < -0.39 is 26.6 Å². The largest absolute Gasteiger partial charge is 0.413 e. The van der Waals surface area contributed by atoms with Crippen molar-refractivity contribution < 1.29 is 23.8 Å². The van der Waals surface area contributed by atoms with Gasteiger partial charge in [-0.2, -0.15) is 0 Å². The molecule has 0 bridgehead atoms. The van der Waals surface area contributed by atoms with Crippen LogP contribution in [0.25, 0.3) is 0 Å². The van der Waals surface area contributed by atoms with Crippen LogP contribution in [-0.2, 0) is 38.5 Å². The highest BCUT2D eigenvalue weighted by Gasteiger charge is 2.46. The van der Waals surface area contributed by atoms with E-state index in [9.17, 15) is 5.21 Å². The summed E-state index contributed by atoms with van der Waals surface area (Å²) >= 11 is 0. The van der Waals surface area contributed by atoms with Gasteiger partial charge in [0.2, 0.25) is 0 Å². The maximum Gasteiger partial charge on any atom is 0.200 e. The fourth-order valence-electron chi connectivity index (χ4n) is 6.10. The smallest absolute Gasteiger partial charge is 0.200 e. The van der Waals surface area contributed by atoms with Gasteiger partial charge in [-0.25, -0.2) is 5.48 Å². The molecule has 0 heterocycles. The molecular formula is C35H51NO5Si. The van der Waals surface area contributed by atoms with Crippen molar-refractivity contribution in [1.82, 2.24) is 5.48 Å². The van der Waals surface area contributed by atoms with E-state index in [0.717, 1.165) is 16.7 Å². The van der Waals surface area contributed by atoms with Gasteiger partial charge < -0.3 is 23.8 Å². The summed E-state index contributed by atoms with van der Waals surface area (Å²) in [4.78, 5) is 0. The molecule has 0 aliphatic heterocycles. The summed E-state index contributed by atoms with van der Waals surface area (Å²) in [7, 11) is -2.20. The zero-order chi connectivity index (χ0) is 30.4. The second kappa shape index (κ2) is 17.7. The first-order valence-corrected chi connectivity index (χ1v) is 17.4. The number of rotatable bonds is 19. The molecule has 0 aromatic heterocycles. The summed E-state index contributed by atoms with van der Waals surface area (Å²) in [5.74, 6) is 0. The summed E-state index contributed by atoms with van der Waals surface area (Å²) in [6.07, 6.45) is -1.46. The molecule has 6 nitrogen and oxygen atoms in total. The zero-order valence-electron chi connectivity index (χ0n) is 26.2. The number of hydrogen-bond donors (Lipinski definition) is 2. The van der Waals surface area contributed by atoms with Crippen molar-refractivity contribution in [1.29, 1.82) is 0 Å². The van der Waals surface area contributed by atoms with Crippen molar-refractivity contribution in [2.24, 2.45) is 0 Å². The van der Waals surface area contributed by atoms with Gasteiger partial charge >= 0.3 is 0 Å². The molecule has 0 aliphatic rings. The Bertz CT molecular complexity index is 1090. The lowest BCUT2D eigenvalue weighted by molar-refractivity contribution is -0.163. The average Bonchev–Trinajstić information content (AvgIpc) is 2.99. The minimum Gasteiger partial charge on any atom is -0.413 e. The van der Waals surface area contributed by atoms with E-state index in [4.69, 9.17) is 18.6 Å². The van der Waals surface area contributed by atoms with Crippen LogP contribution in [0.2, 0.25) is 16.6 Å². The highest BCUT2D eigenvalue weighted by molar-refractivity contribution is 6.77. The minimum atomic E-state index is -2.20. The average molecular weight is 594 g/mol. The van der Waals surface area contributed by atoms with Crippen LogP contribution in [0.5, 0.6) is 0 Å². The maximum absolute atomic E-state index is 9.88. The molecular weight excluding hydrogens is 542 g/mol. The van der Waals surface area contributed by atoms with E-state index >= 15 is 0 Å². The van der Waals surface area contributed by atoms with Crippen LogP contribution in [0.4, 0.5) is 0 Å². The Balaban J connectivity index is 1.95. The van der Waals surface area contributed by atoms with E-state index in [0.29, 0.717) is 43.1 Å². The Kier molecular flexibility index (Phi) is 14.4. The first-order chi connectivity index (χ1) is 20.3.